The third kappa shape index (κ3) is 5.37. The lowest BCUT2D eigenvalue weighted by molar-refractivity contribution is 0.0465. The fraction of sp³-hybridized carbons (Fsp3) is 0.706. The zero-order chi connectivity index (χ0) is 16.2. The Morgan fingerprint density at radius 2 is 2.09 bits per heavy atom. The minimum Gasteiger partial charge on any atom is -0.444 e. The summed E-state index contributed by atoms with van der Waals surface area (Å²) in [5.74, 6) is 0. The first kappa shape index (κ1) is 16.9. The summed E-state index contributed by atoms with van der Waals surface area (Å²) >= 11 is 0. The number of alkyl carbamates (subject to hydrolysis) is 1. The molecule has 0 spiro atoms. The molecule has 0 aliphatic heterocycles. The van der Waals surface area contributed by atoms with Crippen LogP contribution in [0.2, 0.25) is 0 Å². The molecule has 1 amide bonds. The summed E-state index contributed by atoms with van der Waals surface area (Å²) in [6, 6.07) is 2.88. The summed E-state index contributed by atoms with van der Waals surface area (Å²) in [6.45, 7) is 9.78. The number of aromatic nitrogens is 1. The highest BCUT2D eigenvalue weighted by Gasteiger charge is 2.31. The van der Waals surface area contributed by atoms with Crippen molar-refractivity contribution in [2.24, 2.45) is 0 Å². The largest absolute Gasteiger partial charge is 0.444 e. The number of hydrogen-bond acceptors (Lipinski definition) is 3. The zero-order valence-electron chi connectivity index (χ0n) is 14.2. The van der Waals surface area contributed by atoms with Crippen LogP contribution in [0.25, 0.3) is 0 Å². The third-order valence-corrected chi connectivity index (χ3v) is 3.75. The standard InChI is InChI=1S/C17H29N3O2/c1-5-7-20-8-6-13(12-20)11-18-14-9-15(10-14)19-16(21)22-17(2,3)4/h6,8,12,14-15,18H,5,7,9-11H2,1-4H3,(H,19,21). The Balaban J connectivity index is 1.62. The lowest BCUT2D eigenvalue weighted by Gasteiger charge is -2.36. The van der Waals surface area contributed by atoms with E-state index in [0.717, 1.165) is 32.4 Å². The van der Waals surface area contributed by atoms with Gasteiger partial charge in [-0.05, 0) is 51.7 Å². The smallest absolute Gasteiger partial charge is 0.407 e. The van der Waals surface area contributed by atoms with Gasteiger partial charge in [-0.3, -0.25) is 0 Å². The quantitative estimate of drug-likeness (QED) is 0.849. The molecule has 5 heteroatoms. The second-order valence-corrected chi connectivity index (χ2v) is 7.15. The highest BCUT2D eigenvalue weighted by Crippen LogP contribution is 2.21. The molecule has 1 saturated carbocycles. The summed E-state index contributed by atoms with van der Waals surface area (Å²) in [5, 5.41) is 6.45. The van der Waals surface area contributed by atoms with E-state index >= 15 is 0 Å². The average Bonchev–Trinajstić information content (AvgIpc) is 2.78. The minimum atomic E-state index is -0.433. The molecule has 124 valence electrons. The Morgan fingerprint density at radius 3 is 2.73 bits per heavy atom. The molecule has 1 heterocycles. The second-order valence-electron chi connectivity index (χ2n) is 7.15. The maximum absolute atomic E-state index is 11.7. The minimum absolute atomic E-state index is 0.233. The number of carbonyl (C=O) groups is 1. The lowest BCUT2D eigenvalue weighted by Crippen LogP contribution is -2.52. The number of rotatable bonds is 6. The summed E-state index contributed by atoms with van der Waals surface area (Å²) in [5.41, 5.74) is 0.883. The van der Waals surface area contributed by atoms with Gasteiger partial charge in [0, 0.05) is 37.6 Å². The SMILES string of the molecule is CCCn1ccc(CNC2CC(NC(=O)OC(C)(C)C)C2)c1. The van der Waals surface area contributed by atoms with Gasteiger partial charge < -0.3 is 19.9 Å². The molecule has 5 nitrogen and oxygen atoms in total. The van der Waals surface area contributed by atoms with Crippen LogP contribution in [0.15, 0.2) is 18.5 Å². The molecule has 22 heavy (non-hydrogen) atoms. The normalized spacial score (nSPS) is 21.3. The Hall–Kier alpha value is -1.49. The van der Waals surface area contributed by atoms with Crippen LogP contribution in [-0.4, -0.2) is 28.3 Å². The van der Waals surface area contributed by atoms with Gasteiger partial charge in [0.1, 0.15) is 5.60 Å². The number of nitrogens with one attached hydrogen (secondary N) is 2. The number of carbonyl (C=O) groups excluding carboxylic acids is 1. The van der Waals surface area contributed by atoms with Crippen molar-refractivity contribution < 1.29 is 9.53 Å². The van der Waals surface area contributed by atoms with Crippen molar-refractivity contribution in [3.63, 3.8) is 0 Å². The molecule has 0 atom stereocenters. The Bertz CT molecular complexity index is 484. The summed E-state index contributed by atoms with van der Waals surface area (Å²) in [4.78, 5) is 11.7. The maximum atomic E-state index is 11.7. The molecule has 1 aromatic heterocycles. The van der Waals surface area contributed by atoms with Gasteiger partial charge in [0.05, 0.1) is 0 Å². The predicted molar refractivity (Wildman–Crippen MR) is 87.7 cm³/mol. The lowest BCUT2D eigenvalue weighted by atomic mass is 9.87. The van der Waals surface area contributed by atoms with Crippen molar-refractivity contribution >= 4 is 6.09 Å². The number of ether oxygens (including phenoxy) is 1. The van der Waals surface area contributed by atoms with Gasteiger partial charge in [0.15, 0.2) is 0 Å². The van der Waals surface area contributed by atoms with Crippen LogP contribution in [0.3, 0.4) is 0 Å². The molecule has 0 unspecified atom stereocenters. The van der Waals surface area contributed by atoms with Crippen LogP contribution in [0.1, 0.15) is 52.5 Å². The third-order valence-electron chi connectivity index (χ3n) is 3.75. The highest BCUT2D eigenvalue weighted by atomic mass is 16.6. The van der Waals surface area contributed by atoms with E-state index in [2.05, 4.69) is 40.6 Å². The molecule has 0 saturated heterocycles. The number of nitrogens with zero attached hydrogens (tertiary/aromatic N) is 1. The molecule has 2 N–H and O–H groups in total. The van der Waals surface area contributed by atoms with Crippen molar-refractivity contribution in [1.82, 2.24) is 15.2 Å². The molecule has 0 aromatic carbocycles. The molecule has 1 fully saturated rings. The van der Waals surface area contributed by atoms with E-state index in [9.17, 15) is 4.79 Å². The number of aryl methyl sites for hydroxylation is 1. The highest BCUT2D eigenvalue weighted by molar-refractivity contribution is 5.68. The van der Waals surface area contributed by atoms with Gasteiger partial charge in [0.25, 0.3) is 0 Å². The molecule has 1 aliphatic rings. The van der Waals surface area contributed by atoms with Crippen LogP contribution < -0.4 is 10.6 Å². The van der Waals surface area contributed by atoms with E-state index in [1.54, 1.807) is 0 Å². The number of amides is 1. The fourth-order valence-corrected chi connectivity index (χ4v) is 2.63. The summed E-state index contributed by atoms with van der Waals surface area (Å²) < 4.78 is 7.49. The van der Waals surface area contributed by atoms with Crippen molar-refractivity contribution in [2.45, 2.75) is 77.7 Å². The van der Waals surface area contributed by atoms with E-state index in [1.165, 1.54) is 5.56 Å². The first-order chi connectivity index (χ1) is 10.4. The molecule has 0 radical (unpaired) electrons. The van der Waals surface area contributed by atoms with Crippen molar-refractivity contribution in [1.29, 1.82) is 0 Å². The van der Waals surface area contributed by atoms with E-state index in [0.29, 0.717) is 6.04 Å². The second kappa shape index (κ2) is 7.18. The Kier molecular flexibility index (Phi) is 5.51. The van der Waals surface area contributed by atoms with Gasteiger partial charge in [-0.1, -0.05) is 6.92 Å². The van der Waals surface area contributed by atoms with Crippen LogP contribution >= 0.6 is 0 Å². The molecule has 1 aromatic rings. The van der Waals surface area contributed by atoms with Gasteiger partial charge in [-0.25, -0.2) is 4.79 Å². The average molecular weight is 307 g/mol. The first-order valence-electron chi connectivity index (χ1n) is 8.23. The van der Waals surface area contributed by atoms with Crippen LogP contribution in [-0.2, 0) is 17.8 Å². The van der Waals surface area contributed by atoms with Gasteiger partial charge >= 0.3 is 6.09 Å². The van der Waals surface area contributed by atoms with Crippen molar-refractivity contribution in [3.8, 4) is 0 Å². The van der Waals surface area contributed by atoms with Gasteiger partial charge in [-0.2, -0.15) is 0 Å². The Labute approximate surface area is 133 Å². The molecule has 0 bridgehead atoms. The predicted octanol–water partition coefficient (Wildman–Crippen LogP) is 3.04. The topological polar surface area (TPSA) is 55.3 Å². The van der Waals surface area contributed by atoms with Crippen molar-refractivity contribution in [2.75, 3.05) is 0 Å². The maximum Gasteiger partial charge on any atom is 0.407 e. The molecule has 1 aliphatic carbocycles. The molecular weight excluding hydrogens is 278 g/mol. The fourth-order valence-electron chi connectivity index (χ4n) is 2.63. The van der Waals surface area contributed by atoms with Gasteiger partial charge in [-0.15, -0.1) is 0 Å². The van der Waals surface area contributed by atoms with Gasteiger partial charge in [0.2, 0.25) is 0 Å². The zero-order valence-corrected chi connectivity index (χ0v) is 14.2. The van der Waals surface area contributed by atoms with Crippen LogP contribution in [0.5, 0.6) is 0 Å². The molecular formula is C17H29N3O2. The molecule has 2 rings (SSSR count). The Morgan fingerprint density at radius 1 is 1.36 bits per heavy atom. The summed E-state index contributed by atoms with van der Waals surface area (Å²) in [7, 11) is 0. The van der Waals surface area contributed by atoms with E-state index in [-0.39, 0.29) is 12.1 Å². The monoisotopic (exact) mass is 307 g/mol. The number of hydrogen-bond donors (Lipinski definition) is 2. The van der Waals surface area contributed by atoms with E-state index in [1.807, 2.05) is 20.8 Å². The first-order valence-corrected chi connectivity index (χ1v) is 8.23. The van der Waals surface area contributed by atoms with Crippen LogP contribution in [0, 0.1) is 0 Å². The van der Waals surface area contributed by atoms with Crippen molar-refractivity contribution in [3.05, 3.63) is 24.0 Å². The summed E-state index contributed by atoms with van der Waals surface area (Å²) in [6.07, 6.45) is 7.11. The van der Waals surface area contributed by atoms with Crippen LogP contribution in [0.4, 0.5) is 4.79 Å². The van der Waals surface area contributed by atoms with E-state index in [4.69, 9.17) is 4.74 Å². The van der Waals surface area contributed by atoms with E-state index < -0.39 is 5.60 Å².